The van der Waals surface area contributed by atoms with Gasteiger partial charge in [-0.1, -0.05) is 6.07 Å². The lowest BCUT2D eigenvalue weighted by Gasteiger charge is -2.29. The summed E-state index contributed by atoms with van der Waals surface area (Å²) in [4.78, 5) is 27.2. The van der Waals surface area contributed by atoms with Crippen molar-refractivity contribution in [3.05, 3.63) is 52.6 Å². The van der Waals surface area contributed by atoms with Crippen molar-refractivity contribution < 1.29 is 26.4 Å². The van der Waals surface area contributed by atoms with Crippen molar-refractivity contribution in [3.8, 4) is 0 Å². The monoisotopic (exact) mass is 505 g/mol. The fourth-order valence-electron chi connectivity index (χ4n) is 4.49. The standard InChI is InChI=1S/C23H27N3O6S2/c1-13-11-14(2)16(4)22(15(13)3)34(31,32)26(18-5-6-18)20-12-21(27)25(23(20)28)17-7-9-19(10-8-17)33(24,29)30/h7-11,18,20H,5-6,12H2,1-4H3,(H2,24,29,30). The van der Waals surface area contributed by atoms with Crippen LogP contribution in [0.2, 0.25) is 0 Å². The fourth-order valence-corrected chi connectivity index (χ4v) is 7.42. The molecule has 34 heavy (non-hydrogen) atoms. The average molecular weight is 506 g/mol. The van der Waals surface area contributed by atoms with Gasteiger partial charge in [-0.15, -0.1) is 0 Å². The third-order valence-electron chi connectivity index (χ3n) is 6.59. The van der Waals surface area contributed by atoms with E-state index >= 15 is 0 Å². The van der Waals surface area contributed by atoms with Crippen LogP contribution in [0, 0.1) is 27.7 Å². The molecular formula is C23H27N3O6S2. The summed E-state index contributed by atoms with van der Waals surface area (Å²) < 4.78 is 52.2. The molecular weight excluding hydrogens is 478 g/mol. The first-order chi connectivity index (χ1) is 15.7. The Bertz CT molecular complexity index is 1390. The third-order valence-corrected chi connectivity index (χ3v) is 9.76. The molecule has 2 aromatic rings. The van der Waals surface area contributed by atoms with Crippen LogP contribution in [0.3, 0.4) is 0 Å². The van der Waals surface area contributed by atoms with Gasteiger partial charge in [0.25, 0.3) is 5.91 Å². The van der Waals surface area contributed by atoms with Crippen LogP contribution >= 0.6 is 0 Å². The number of hydrogen-bond acceptors (Lipinski definition) is 6. The lowest BCUT2D eigenvalue weighted by molar-refractivity contribution is -0.122. The Hall–Kier alpha value is -2.60. The van der Waals surface area contributed by atoms with E-state index in [2.05, 4.69) is 0 Å². The summed E-state index contributed by atoms with van der Waals surface area (Å²) in [6.07, 6.45) is 0.945. The highest BCUT2D eigenvalue weighted by atomic mass is 32.2. The van der Waals surface area contributed by atoms with Crippen molar-refractivity contribution >= 4 is 37.5 Å². The molecule has 1 aliphatic carbocycles. The van der Waals surface area contributed by atoms with Crippen LogP contribution in [-0.4, -0.2) is 45.0 Å². The molecule has 1 saturated carbocycles. The molecule has 1 heterocycles. The topological polar surface area (TPSA) is 135 Å². The Balaban J connectivity index is 1.75. The van der Waals surface area contributed by atoms with Gasteiger partial charge in [0.1, 0.15) is 6.04 Å². The second-order valence-electron chi connectivity index (χ2n) is 8.98. The van der Waals surface area contributed by atoms with Crippen LogP contribution in [0.1, 0.15) is 41.5 Å². The van der Waals surface area contributed by atoms with E-state index in [1.807, 2.05) is 19.9 Å². The van der Waals surface area contributed by atoms with Crippen LogP contribution in [0.25, 0.3) is 0 Å². The van der Waals surface area contributed by atoms with Gasteiger partial charge < -0.3 is 0 Å². The number of amides is 2. The molecule has 9 nitrogen and oxygen atoms in total. The molecule has 0 spiro atoms. The molecule has 2 amide bonds. The molecule has 1 unspecified atom stereocenters. The Kier molecular flexibility index (Phi) is 5.96. The fraction of sp³-hybridized carbons (Fsp3) is 0.391. The number of rotatable bonds is 6. The number of carbonyl (C=O) groups excluding carboxylic acids is 2. The normalized spacial score (nSPS) is 19.4. The molecule has 4 rings (SSSR count). The third kappa shape index (κ3) is 4.06. The summed E-state index contributed by atoms with van der Waals surface area (Å²) in [6, 6.07) is 5.45. The van der Waals surface area contributed by atoms with Gasteiger partial charge in [-0.05, 0) is 87.1 Å². The van der Waals surface area contributed by atoms with Gasteiger partial charge in [-0.2, -0.15) is 4.31 Å². The molecule has 2 N–H and O–H groups in total. The predicted molar refractivity (Wildman–Crippen MR) is 126 cm³/mol. The maximum atomic E-state index is 14.0. The van der Waals surface area contributed by atoms with E-state index in [-0.39, 0.29) is 27.9 Å². The number of anilines is 1. The van der Waals surface area contributed by atoms with Gasteiger partial charge in [-0.25, -0.2) is 26.9 Å². The highest BCUT2D eigenvalue weighted by Gasteiger charge is 2.52. The first kappa shape index (κ1) is 24.5. The van der Waals surface area contributed by atoms with E-state index in [0.29, 0.717) is 24.0 Å². The molecule has 2 aromatic carbocycles. The van der Waals surface area contributed by atoms with Crippen molar-refractivity contribution in [1.29, 1.82) is 0 Å². The Morgan fingerprint density at radius 3 is 1.91 bits per heavy atom. The molecule has 2 fully saturated rings. The lowest BCUT2D eigenvalue weighted by atomic mass is 10.0. The van der Waals surface area contributed by atoms with Crippen molar-refractivity contribution in [2.24, 2.45) is 5.14 Å². The van der Waals surface area contributed by atoms with Gasteiger partial charge in [0, 0.05) is 6.04 Å². The van der Waals surface area contributed by atoms with Crippen LogP contribution in [0.4, 0.5) is 5.69 Å². The number of carbonyl (C=O) groups is 2. The lowest BCUT2D eigenvalue weighted by Crippen LogP contribution is -2.47. The minimum atomic E-state index is -4.08. The zero-order valence-corrected chi connectivity index (χ0v) is 21.0. The van der Waals surface area contributed by atoms with E-state index in [0.717, 1.165) is 16.0 Å². The van der Waals surface area contributed by atoms with Crippen LogP contribution in [-0.2, 0) is 29.6 Å². The van der Waals surface area contributed by atoms with E-state index in [9.17, 15) is 26.4 Å². The molecule has 182 valence electrons. The highest BCUT2D eigenvalue weighted by molar-refractivity contribution is 7.89. The number of aryl methyl sites for hydroxylation is 2. The first-order valence-electron chi connectivity index (χ1n) is 10.9. The first-order valence-corrected chi connectivity index (χ1v) is 13.8. The Morgan fingerprint density at radius 2 is 1.44 bits per heavy atom. The number of primary sulfonamides is 1. The van der Waals surface area contributed by atoms with Crippen LogP contribution < -0.4 is 10.0 Å². The second kappa shape index (κ2) is 8.26. The minimum absolute atomic E-state index is 0.158. The summed E-state index contributed by atoms with van der Waals surface area (Å²) in [5.41, 5.74) is 3.09. The van der Waals surface area contributed by atoms with Gasteiger partial charge in [0.2, 0.25) is 26.0 Å². The second-order valence-corrected chi connectivity index (χ2v) is 12.3. The summed E-state index contributed by atoms with van der Waals surface area (Å²) in [5, 5.41) is 5.12. The summed E-state index contributed by atoms with van der Waals surface area (Å²) >= 11 is 0. The number of benzene rings is 2. The minimum Gasteiger partial charge on any atom is -0.274 e. The summed E-state index contributed by atoms with van der Waals surface area (Å²) in [6.45, 7) is 7.19. The van der Waals surface area contributed by atoms with Crippen molar-refractivity contribution in [2.75, 3.05) is 4.90 Å². The maximum absolute atomic E-state index is 14.0. The molecule has 1 atom stereocenters. The SMILES string of the molecule is Cc1cc(C)c(C)c(S(=O)(=O)N(C2CC2)C2CC(=O)N(c3ccc(S(N)(=O)=O)cc3)C2=O)c1C. The van der Waals surface area contributed by atoms with E-state index in [1.165, 1.54) is 28.6 Å². The average Bonchev–Trinajstić information content (AvgIpc) is 3.51. The summed E-state index contributed by atoms with van der Waals surface area (Å²) in [5.74, 6) is -1.20. The smallest absolute Gasteiger partial charge is 0.252 e. The van der Waals surface area contributed by atoms with E-state index < -0.39 is 37.9 Å². The quantitative estimate of drug-likeness (QED) is 0.597. The Morgan fingerprint density at radius 1 is 0.912 bits per heavy atom. The van der Waals surface area contributed by atoms with E-state index in [4.69, 9.17) is 5.14 Å². The zero-order valence-electron chi connectivity index (χ0n) is 19.4. The molecule has 11 heteroatoms. The number of hydrogen-bond donors (Lipinski definition) is 1. The number of imide groups is 1. The van der Waals surface area contributed by atoms with Crippen LogP contribution in [0.5, 0.6) is 0 Å². The van der Waals surface area contributed by atoms with Gasteiger partial charge >= 0.3 is 0 Å². The molecule has 0 radical (unpaired) electrons. The molecule has 1 saturated heterocycles. The molecule has 0 bridgehead atoms. The molecule has 1 aliphatic heterocycles. The van der Waals surface area contributed by atoms with Crippen LogP contribution in [0.15, 0.2) is 40.1 Å². The zero-order chi connectivity index (χ0) is 25.2. The number of sulfonamides is 2. The van der Waals surface area contributed by atoms with E-state index in [1.54, 1.807) is 13.8 Å². The van der Waals surface area contributed by atoms with Gasteiger partial charge in [-0.3, -0.25) is 9.59 Å². The van der Waals surface area contributed by atoms with Gasteiger partial charge in [0.05, 0.1) is 21.9 Å². The number of nitrogens with two attached hydrogens (primary N) is 1. The largest absolute Gasteiger partial charge is 0.274 e. The predicted octanol–water partition coefficient (Wildman–Crippen LogP) is 2.05. The van der Waals surface area contributed by atoms with Crippen molar-refractivity contribution in [2.45, 2.75) is 68.8 Å². The Labute approximate surface area is 199 Å². The summed E-state index contributed by atoms with van der Waals surface area (Å²) in [7, 11) is -8.02. The highest BCUT2D eigenvalue weighted by Crippen LogP contribution is 2.40. The maximum Gasteiger partial charge on any atom is 0.252 e. The molecule has 0 aromatic heterocycles. The van der Waals surface area contributed by atoms with Crippen molar-refractivity contribution in [1.82, 2.24) is 4.31 Å². The number of nitrogens with zero attached hydrogens (tertiary/aromatic N) is 2. The van der Waals surface area contributed by atoms with Gasteiger partial charge in [0.15, 0.2) is 0 Å². The molecule has 2 aliphatic rings. The van der Waals surface area contributed by atoms with Crippen molar-refractivity contribution in [3.63, 3.8) is 0 Å².